The van der Waals surface area contributed by atoms with Gasteiger partial charge in [-0.05, 0) is 28.4 Å². The maximum atomic E-state index is 13.4. The first-order valence-corrected chi connectivity index (χ1v) is 6.07. The zero-order valence-electron chi connectivity index (χ0n) is 9.30. The molecule has 2 heterocycles. The van der Waals surface area contributed by atoms with E-state index < -0.39 is 11.2 Å². The molecule has 0 aliphatic carbocycles. The van der Waals surface area contributed by atoms with Gasteiger partial charge in [-0.3, -0.25) is 4.79 Å². The fourth-order valence-corrected chi connectivity index (χ4v) is 1.94. The van der Waals surface area contributed by atoms with Crippen molar-refractivity contribution >= 4 is 27.5 Å². The number of amides is 1. The zero-order chi connectivity index (χ0) is 12.5. The molecule has 1 aromatic rings. The Bertz CT molecular complexity index is 444. The molecule has 0 spiro atoms. The van der Waals surface area contributed by atoms with Gasteiger partial charge in [-0.1, -0.05) is 6.92 Å². The van der Waals surface area contributed by atoms with Crippen molar-refractivity contribution in [3.63, 3.8) is 0 Å². The van der Waals surface area contributed by atoms with Gasteiger partial charge in [0.25, 0.3) is 0 Å². The molecule has 0 atom stereocenters. The molecule has 0 bridgehead atoms. The third kappa shape index (κ3) is 2.32. The van der Waals surface area contributed by atoms with Crippen LogP contribution in [-0.2, 0) is 9.53 Å². The predicted octanol–water partition coefficient (Wildman–Crippen LogP) is 2.35. The maximum Gasteiger partial charge on any atom is 0.235 e. The second-order valence-electron chi connectivity index (χ2n) is 4.07. The zero-order valence-corrected chi connectivity index (χ0v) is 10.9. The fourth-order valence-electron chi connectivity index (χ4n) is 1.61. The normalized spacial score (nSPS) is 17.4. The van der Waals surface area contributed by atoms with Gasteiger partial charge >= 0.3 is 0 Å². The molecule has 92 valence electrons. The van der Waals surface area contributed by atoms with Crippen LogP contribution in [0.1, 0.15) is 13.3 Å². The van der Waals surface area contributed by atoms with Crippen molar-refractivity contribution in [1.29, 1.82) is 0 Å². The number of carbonyl (C=O) groups excluding carboxylic acids is 1. The highest BCUT2D eigenvalue weighted by Crippen LogP contribution is 2.33. The topological polar surface area (TPSA) is 51.2 Å². The van der Waals surface area contributed by atoms with Crippen LogP contribution >= 0.6 is 15.9 Å². The largest absolute Gasteiger partial charge is 0.379 e. The Labute approximate surface area is 107 Å². The summed E-state index contributed by atoms with van der Waals surface area (Å²) in [5, 5.41) is 2.58. The van der Waals surface area contributed by atoms with Crippen LogP contribution in [-0.4, -0.2) is 24.1 Å². The van der Waals surface area contributed by atoms with Gasteiger partial charge in [-0.15, -0.1) is 0 Å². The summed E-state index contributed by atoms with van der Waals surface area (Å²) in [6.45, 7) is 2.70. The standard InChI is InChI=1S/C11H12BrFN2O2/c1-2-11(5-17-6-11)10(16)15-8-3-9(12)14-4-7(8)13/h3-4H,2,5-6H2,1H3,(H,14,15,16). The Kier molecular flexibility index (Phi) is 3.44. The second kappa shape index (κ2) is 4.70. The lowest BCUT2D eigenvalue weighted by atomic mass is 9.82. The van der Waals surface area contributed by atoms with Crippen LogP contribution in [0.15, 0.2) is 16.9 Å². The van der Waals surface area contributed by atoms with Crippen LogP contribution in [0.25, 0.3) is 0 Å². The van der Waals surface area contributed by atoms with Gasteiger partial charge in [0.05, 0.1) is 30.5 Å². The second-order valence-corrected chi connectivity index (χ2v) is 4.88. The molecule has 6 heteroatoms. The minimum Gasteiger partial charge on any atom is -0.379 e. The summed E-state index contributed by atoms with van der Waals surface area (Å²) >= 11 is 3.13. The molecule has 1 amide bonds. The number of carbonyl (C=O) groups is 1. The summed E-state index contributed by atoms with van der Waals surface area (Å²) in [6.07, 6.45) is 1.74. The minimum atomic E-state index is -0.548. The van der Waals surface area contributed by atoms with Crippen molar-refractivity contribution in [2.24, 2.45) is 5.41 Å². The molecule has 17 heavy (non-hydrogen) atoms. The lowest BCUT2D eigenvalue weighted by molar-refractivity contribution is -0.156. The average Bonchev–Trinajstić information content (AvgIpc) is 2.23. The van der Waals surface area contributed by atoms with Crippen molar-refractivity contribution in [2.75, 3.05) is 18.5 Å². The number of hydrogen-bond acceptors (Lipinski definition) is 3. The van der Waals surface area contributed by atoms with Crippen LogP contribution in [0.4, 0.5) is 10.1 Å². The number of aromatic nitrogens is 1. The molecule has 0 unspecified atom stereocenters. The Hall–Kier alpha value is -1.01. The van der Waals surface area contributed by atoms with E-state index in [2.05, 4.69) is 26.2 Å². The number of ether oxygens (including phenoxy) is 1. The summed E-state index contributed by atoms with van der Waals surface area (Å²) in [4.78, 5) is 15.7. The summed E-state index contributed by atoms with van der Waals surface area (Å²) < 4.78 is 19.0. The van der Waals surface area contributed by atoms with Crippen LogP contribution in [0.5, 0.6) is 0 Å². The monoisotopic (exact) mass is 302 g/mol. The molecule has 0 aromatic carbocycles. The van der Waals surface area contributed by atoms with Crippen molar-refractivity contribution in [2.45, 2.75) is 13.3 Å². The van der Waals surface area contributed by atoms with E-state index >= 15 is 0 Å². The Morgan fingerprint density at radius 3 is 2.94 bits per heavy atom. The van der Waals surface area contributed by atoms with E-state index in [1.165, 1.54) is 6.07 Å². The molecule has 1 saturated heterocycles. The Morgan fingerprint density at radius 1 is 1.71 bits per heavy atom. The summed E-state index contributed by atoms with van der Waals surface area (Å²) in [5.41, 5.74) is -0.376. The quantitative estimate of drug-likeness (QED) is 0.872. The van der Waals surface area contributed by atoms with Crippen molar-refractivity contribution in [3.05, 3.63) is 22.7 Å². The van der Waals surface area contributed by atoms with E-state index in [0.29, 0.717) is 24.2 Å². The summed E-state index contributed by atoms with van der Waals surface area (Å²) in [7, 11) is 0. The maximum absolute atomic E-state index is 13.4. The molecule has 2 rings (SSSR count). The predicted molar refractivity (Wildman–Crippen MR) is 64.1 cm³/mol. The highest BCUT2D eigenvalue weighted by molar-refractivity contribution is 9.10. The highest BCUT2D eigenvalue weighted by Gasteiger charge is 2.44. The number of nitrogens with zero attached hydrogens (tertiary/aromatic N) is 1. The molecule has 0 radical (unpaired) electrons. The average molecular weight is 303 g/mol. The Balaban J connectivity index is 2.15. The van der Waals surface area contributed by atoms with Gasteiger partial charge in [-0.25, -0.2) is 9.37 Å². The first-order chi connectivity index (χ1) is 8.07. The molecular formula is C11H12BrFN2O2. The molecule has 1 aromatic heterocycles. The number of nitrogens with one attached hydrogen (secondary N) is 1. The highest BCUT2D eigenvalue weighted by atomic mass is 79.9. The van der Waals surface area contributed by atoms with Gasteiger partial charge < -0.3 is 10.1 Å². The Morgan fingerprint density at radius 2 is 2.41 bits per heavy atom. The van der Waals surface area contributed by atoms with Crippen LogP contribution in [0.3, 0.4) is 0 Å². The first-order valence-electron chi connectivity index (χ1n) is 5.28. The first kappa shape index (κ1) is 12.4. The third-order valence-corrected chi connectivity index (χ3v) is 3.42. The summed E-state index contributed by atoms with van der Waals surface area (Å²) in [5.74, 6) is -0.753. The number of halogens is 2. The molecule has 0 saturated carbocycles. The number of hydrogen-bond donors (Lipinski definition) is 1. The lowest BCUT2D eigenvalue weighted by Crippen LogP contribution is -2.51. The van der Waals surface area contributed by atoms with E-state index in [-0.39, 0.29) is 11.6 Å². The number of anilines is 1. The minimum absolute atomic E-state index is 0.136. The molecule has 1 fully saturated rings. The van der Waals surface area contributed by atoms with Gasteiger partial charge in [0, 0.05) is 0 Å². The summed E-state index contributed by atoms with van der Waals surface area (Å²) in [6, 6.07) is 1.44. The van der Waals surface area contributed by atoms with Gasteiger partial charge in [0.15, 0.2) is 5.82 Å². The van der Waals surface area contributed by atoms with Crippen molar-refractivity contribution in [1.82, 2.24) is 4.98 Å². The van der Waals surface area contributed by atoms with E-state index in [9.17, 15) is 9.18 Å². The smallest absolute Gasteiger partial charge is 0.235 e. The molecule has 4 nitrogen and oxygen atoms in total. The SMILES string of the molecule is CCC1(C(=O)Nc2cc(Br)ncc2F)COC1. The molecular weight excluding hydrogens is 291 g/mol. The van der Waals surface area contributed by atoms with E-state index in [4.69, 9.17) is 4.74 Å². The van der Waals surface area contributed by atoms with Crippen LogP contribution in [0.2, 0.25) is 0 Å². The van der Waals surface area contributed by atoms with E-state index in [0.717, 1.165) is 6.20 Å². The van der Waals surface area contributed by atoms with E-state index in [1.54, 1.807) is 0 Å². The molecule has 1 N–H and O–H groups in total. The van der Waals surface area contributed by atoms with Gasteiger partial charge in [0.1, 0.15) is 4.60 Å². The van der Waals surface area contributed by atoms with Crippen LogP contribution in [0, 0.1) is 11.2 Å². The van der Waals surface area contributed by atoms with Crippen molar-refractivity contribution in [3.8, 4) is 0 Å². The fraction of sp³-hybridized carbons (Fsp3) is 0.455. The van der Waals surface area contributed by atoms with Gasteiger partial charge in [-0.2, -0.15) is 0 Å². The van der Waals surface area contributed by atoms with Crippen molar-refractivity contribution < 1.29 is 13.9 Å². The molecule has 1 aliphatic heterocycles. The molecule has 1 aliphatic rings. The number of rotatable bonds is 3. The van der Waals surface area contributed by atoms with E-state index in [1.807, 2.05) is 6.92 Å². The van der Waals surface area contributed by atoms with Gasteiger partial charge in [0.2, 0.25) is 5.91 Å². The number of pyridine rings is 1. The van der Waals surface area contributed by atoms with Crippen LogP contribution < -0.4 is 5.32 Å². The lowest BCUT2D eigenvalue weighted by Gasteiger charge is -2.38. The third-order valence-electron chi connectivity index (χ3n) is 2.99.